The Morgan fingerprint density at radius 2 is 1.83 bits per heavy atom. The Kier molecular flexibility index (Phi) is 6.80. The molecule has 0 saturated carbocycles. The lowest BCUT2D eigenvalue weighted by Crippen LogP contribution is -2.40. The lowest BCUT2D eigenvalue weighted by Gasteiger charge is -2.27. The maximum atomic E-state index is 13.1. The van der Waals surface area contributed by atoms with Crippen molar-refractivity contribution in [3.63, 3.8) is 0 Å². The van der Waals surface area contributed by atoms with Crippen molar-refractivity contribution in [2.75, 3.05) is 45.4 Å². The van der Waals surface area contributed by atoms with Crippen molar-refractivity contribution < 1.29 is 22.7 Å². The van der Waals surface area contributed by atoms with Crippen molar-refractivity contribution in [1.29, 1.82) is 0 Å². The number of likely N-dealkylation sites (N-methyl/N-ethyl adjacent to an activating group) is 1. The lowest BCUT2D eigenvalue weighted by atomic mass is 10.1. The number of benzene rings is 2. The Balaban J connectivity index is 1.87. The van der Waals surface area contributed by atoms with E-state index in [-0.39, 0.29) is 23.0 Å². The fourth-order valence-electron chi connectivity index (χ4n) is 3.47. The number of hydrogen-bond donors (Lipinski definition) is 0. The van der Waals surface area contributed by atoms with Gasteiger partial charge in [-0.3, -0.25) is 4.79 Å². The molecule has 0 aromatic heterocycles. The minimum absolute atomic E-state index is 0.0755. The summed E-state index contributed by atoms with van der Waals surface area (Å²) in [4.78, 5) is 14.6. The molecule has 7 nitrogen and oxygen atoms in total. The molecule has 0 atom stereocenters. The van der Waals surface area contributed by atoms with Crippen LogP contribution in [-0.2, 0) is 26.0 Å². The molecule has 1 fully saturated rings. The van der Waals surface area contributed by atoms with Gasteiger partial charge in [-0.25, -0.2) is 8.42 Å². The second-order valence-corrected chi connectivity index (χ2v) is 9.33. The molecule has 0 radical (unpaired) electrons. The first-order valence-electron chi connectivity index (χ1n) is 9.82. The summed E-state index contributed by atoms with van der Waals surface area (Å²) in [5, 5.41) is 0. The van der Waals surface area contributed by atoms with E-state index in [1.54, 1.807) is 30.1 Å². The number of nitrogens with zero attached hydrogens (tertiary/aromatic N) is 2. The SMILES string of the molecule is COc1ccc(CC(=O)N(C)c2cc(C)ccc2C)cc1S(=O)(=O)N1CCOCC1. The number of anilines is 1. The van der Waals surface area contributed by atoms with Crippen LogP contribution in [0.25, 0.3) is 0 Å². The number of sulfonamides is 1. The molecule has 1 amide bonds. The molecule has 2 aromatic carbocycles. The molecule has 0 unspecified atom stereocenters. The Hall–Kier alpha value is -2.42. The first-order valence-corrected chi connectivity index (χ1v) is 11.3. The number of amides is 1. The van der Waals surface area contributed by atoms with Crippen LogP contribution in [0.15, 0.2) is 41.3 Å². The molecule has 162 valence electrons. The number of carbonyl (C=O) groups is 1. The molecule has 30 heavy (non-hydrogen) atoms. The molecule has 2 aromatic rings. The molecule has 3 rings (SSSR count). The van der Waals surface area contributed by atoms with Gasteiger partial charge in [-0.15, -0.1) is 0 Å². The van der Waals surface area contributed by atoms with Crippen LogP contribution in [0.1, 0.15) is 16.7 Å². The van der Waals surface area contributed by atoms with Crippen molar-refractivity contribution in [1.82, 2.24) is 4.31 Å². The van der Waals surface area contributed by atoms with Crippen LogP contribution < -0.4 is 9.64 Å². The van der Waals surface area contributed by atoms with E-state index in [1.807, 2.05) is 32.0 Å². The summed E-state index contributed by atoms with van der Waals surface area (Å²) in [6, 6.07) is 10.8. The molecule has 0 bridgehead atoms. The van der Waals surface area contributed by atoms with Crippen LogP contribution in [0.3, 0.4) is 0 Å². The monoisotopic (exact) mass is 432 g/mol. The third-order valence-electron chi connectivity index (χ3n) is 5.27. The van der Waals surface area contributed by atoms with Crippen LogP contribution in [-0.4, -0.2) is 59.1 Å². The Morgan fingerprint density at radius 1 is 1.13 bits per heavy atom. The van der Waals surface area contributed by atoms with E-state index in [9.17, 15) is 13.2 Å². The predicted molar refractivity (Wildman–Crippen MR) is 116 cm³/mol. The van der Waals surface area contributed by atoms with Gasteiger partial charge < -0.3 is 14.4 Å². The normalized spacial score (nSPS) is 15.1. The van der Waals surface area contributed by atoms with Crippen molar-refractivity contribution in [2.24, 2.45) is 0 Å². The van der Waals surface area contributed by atoms with Crippen molar-refractivity contribution >= 4 is 21.6 Å². The van der Waals surface area contributed by atoms with Gasteiger partial charge in [-0.2, -0.15) is 4.31 Å². The second-order valence-electron chi connectivity index (χ2n) is 7.42. The summed E-state index contributed by atoms with van der Waals surface area (Å²) in [6.45, 7) is 5.25. The van der Waals surface area contributed by atoms with Crippen molar-refractivity contribution in [2.45, 2.75) is 25.2 Å². The average Bonchev–Trinajstić information content (AvgIpc) is 2.75. The Labute approximate surface area is 178 Å². The zero-order chi connectivity index (χ0) is 21.9. The predicted octanol–water partition coefficient (Wildman–Crippen LogP) is 2.54. The van der Waals surface area contributed by atoms with Crippen LogP contribution in [0.2, 0.25) is 0 Å². The summed E-state index contributed by atoms with van der Waals surface area (Å²) >= 11 is 0. The van der Waals surface area contributed by atoms with E-state index in [2.05, 4.69) is 0 Å². The fourth-order valence-corrected chi connectivity index (χ4v) is 5.08. The highest BCUT2D eigenvalue weighted by atomic mass is 32.2. The summed E-state index contributed by atoms with van der Waals surface area (Å²) in [7, 11) is -0.572. The largest absolute Gasteiger partial charge is 0.495 e. The van der Waals surface area contributed by atoms with Crippen molar-refractivity contribution in [3.8, 4) is 5.75 Å². The van der Waals surface area contributed by atoms with E-state index >= 15 is 0 Å². The molecule has 1 aliphatic heterocycles. The molecule has 0 N–H and O–H groups in total. The van der Waals surface area contributed by atoms with Gasteiger partial charge in [0.15, 0.2) is 0 Å². The molecule has 1 saturated heterocycles. The highest BCUT2D eigenvalue weighted by Crippen LogP contribution is 2.29. The second kappa shape index (κ2) is 9.16. The van der Waals surface area contributed by atoms with Gasteiger partial charge in [0.05, 0.1) is 26.7 Å². The van der Waals surface area contributed by atoms with Gasteiger partial charge in [0.25, 0.3) is 0 Å². The minimum Gasteiger partial charge on any atom is -0.495 e. The van der Waals surface area contributed by atoms with Gasteiger partial charge in [-0.1, -0.05) is 18.2 Å². The fraction of sp³-hybridized carbons (Fsp3) is 0.409. The summed E-state index contributed by atoms with van der Waals surface area (Å²) in [5.41, 5.74) is 3.53. The Bertz CT molecular complexity index is 1030. The maximum Gasteiger partial charge on any atom is 0.246 e. The highest BCUT2D eigenvalue weighted by molar-refractivity contribution is 7.89. The van der Waals surface area contributed by atoms with Gasteiger partial charge in [0.1, 0.15) is 10.6 Å². The highest BCUT2D eigenvalue weighted by Gasteiger charge is 2.29. The summed E-state index contributed by atoms with van der Waals surface area (Å²) in [6.07, 6.45) is 0.0828. The number of rotatable bonds is 6. The van der Waals surface area contributed by atoms with E-state index in [1.165, 1.54) is 11.4 Å². The van der Waals surface area contributed by atoms with E-state index in [0.29, 0.717) is 31.9 Å². The maximum absolute atomic E-state index is 13.1. The van der Waals surface area contributed by atoms with Crippen LogP contribution in [0.5, 0.6) is 5.75 Å². The number of ether oxygens (including phenoxy) is 2. The van der Waals surface area contributed by atoms with Crippen LogP contribution in [0.4, 0.5) is 5.69 Å². The quantitative estimate of drug-likeness (QED) is 0.701. The van der Waals surface area contributed by atoms with E-state index in [0.717, 1.165) is 16.8 Å². The van der Waals surface area contributed by atoms with E-state index < -0.39 is 10.0 Å². The summed E-state index contributed by atoms with van der Waals surface area (Å²) in [5.74, 6) is 0.143. The van der Waals surface area contributed by atoms with Gasteiger partial charge in [0.2, 0.25) is 15.9 Å². The number of methoxy groups -OCH3 is 1. The molecule has 0 aliphatic carbocycles. The molecule has 1 aliphatic rings. The van der Waals surface area contributed by atoms with Crippen LogP contribution >= 0.6 is 0 Å². The first-order chi connectivity index (χ1) is 14.2. The topological polar surface area (TPSA) is 76.2 Å². The van der Waals surface area contributed by atoms with Gasteiger partial charge in [-0.05, 0) is 48.7 Å². The smallest absolute Gasteiger partial charge is 0.246 e. The first kappa shape index (κ1) is 22.3. The molecular formula is C22H28N2O5S. The number of hydrogen-bond acceptors (Lipinski definition) is 5. The molecule has 0 spiro atoms. The van der Waals surface area contributed by atoms with Gasteiger partial charge >= 0.3 is 0 Å². The molecule has 8 heteroatoms. The minimum atomic E-state index is -3.74. The van der Waals surface area contributed by atoms with Crippen LogP contribution in [0, 0.1) is 13.8 Å². The van der Waals surface area contributed by atoms with Gasteiger partial charge in [0, 0.05) is 25.8 Å². The van der Waals surface area contributed by atoms with E-state index in [4.69, 9.17) is 9.47 Å². The Morgan fingerprint density at radius 3 is 2.50 bits per heavy atom. The summed E-state index contributed by atoms with van der Waals surface area (Å²) < 4.78 is 38.2. The zero-order valence-electron chi connectivity index (χ0n) is 17.8. The average molecular weight is 433 g/mol. The molecular weight excluding hydrogens is 404 g/mol. The lowest BCUT2D eigenvalue weighted by molar-refractivity contribution is -0.117. The third kappa shape index (κ3) is 4.66. The third-order valence-corrected chi connectivity index (χ3v) is 7.19. The number of morpholine rings is 1. The number of carbonyl (C=O) groups excluding carboxylic acids is 1. The molecule has 1 heterocycles. The number of aryl methyl sites for hydroxylation is 2. The standard InChI is InChI=1S/C22H28N2O5S/c1-16-5-6-17(2)19(13-16)23(3)22(25)15-18-7-8-20(28-4)21(14-18)30(26,27)24-9-11-29-12-10-24/h5-8,13-14H,9-12,15H2,1-4H3. The van der Waals surface area contributed by atoms with Crippen molar-refractivity contribution in [3.05, 3.63) is 53.1 Å². The zero-order valence-corrected chi connectivity index (χ0v) is 18.7.